The number of carbonyl (C=O) groups is 2. The lowest BCUT2D eigenvalue weighted by atomic mass is 9.81. The van der Waals surface area contributed by atoms with Gasteiger partial charge in [0.25, 0.3) is 5.56 Å². The molecule has 1 amide bonds. The van der Waals surface area contributed by atoms with Crippen molar-refractivity contribution in [2.75, 3.05) is 13.1 Å². The Morgan fingerprint density at radius 3 is 2.93 bits per heavy atom. The second-order valence-electron chi connectivity index (χ2n) is 7.78. The van der Waals surface area contributed by atoms with Gasteiger partial charge < -0.3 is 14.4 Å². The third kappa shape index (κ3) is 2.30. The molecule has 2 atom stereocenters. The highest BCUT2D eigenvalue weighted by atomic mass is 16.4. The van der Waals surface area contributed by atoms with Crippen molar-refractivity contribution in [1.29, 1.82) is 0 Å². The number of aromatic nitrogens is 2. The Kier molecular flexibility index (Phi) is 3.59. The molecule has 1 N–H and O–H groups in total. The molecule has 1 aliphatic heterocycles. The number of furan rings is 1. The zero-order valence-electron chi connectivity index (χ0n) is 15.1. The van der Waals surface area contributed by atoms with E-state index in [-0.39, 0.29) is 30.5 Å². The summed E-state index contributed by atoms with van der Waals surface area (Å²) >= 11 is 0. The first-order valence-electron chi connectivity index (χ1n) is 9.37. The van der Waals surface area contributed by atoms with Crippen LogP contribution in [0.1, 0.15) is 19.3 Å². The van der Waals surface area contributed by atoms with Gasteiger partial charge in [0, 0.05) is 18.5 Å². The van der Waals surface area contributed by atoms with Crippen LogP contribution in [-0.2, 0) is 16.1 Å². The SMILES string of the molecule is O=C(Cn1cnc2c(oc3ccccc32)c1=O)N1C[C@@H]2CCC[C@@]2(C(=O)O)C1. The maximum absolute atomic E-state index is 12.8. The fraction of sp³-hybridized carbons (Fsp3) is 0.400. The van der Waals surface area contributed by atoms with Gasteiger partial charge in [-0.25, -0.2) is 4.98 Å². The van der Waals surface area contributed by atoms with Gasteiger partial charge in [-0.05, 0) is 30.9 Å². The summed E-state index contributed by atoms with van der Waals surface area (Å²) in [6, 6.07) is 7.25. The van der Waals surface area contributed by atoms with Crippen LogP contribution < -0.4 is 5.56 Å². The number of amides is 1. The molecule has 144 valence electrons. The van der Waals surface area contributed by atoms with E-state index in [4.69, 9.17) is 4.42 Å². The summed E-state index contributed by atoms with van der Waals surface area (Å²) in [6.45, 7) is 0.461. The predicted molar refractivity (Wildman–Crippen MR) is 99.8 cm³/mol. The molecule has 0 unspecified atom stereocenters. The number of rotatable bonds is 3. The number of carboxylic acid groups (broad SMARTS) is 1. The smallest absolute Gasteiger partial charge is 0.311 e. The first kappa shape index (κ1) is 17.0. The Bertz CT molecular complexity index is 1180. The third-order valence-electron chi connectivity index (χ3n) is 6.31. The highest BCUT2D eigenvalue weighted by molar-refractivity contribution is 6.01. The molecule has 28 heavy (non-hydrogen) atoms. The molecule has 2 aromatic heterocycles. The van der Waals surface area contributed by atoms with Crippen LogP contribution in [0.15, 0.2) is 39.8 Å². The van der Waals surface area contributed by atoms with Crippen LogP contribution in [0.4, 0.5) is 0 Å². The Balaban J connectivity index is 1.43. The van der Waals surface area contributed by atoms with E-state index in [0.29, 0.717) is 24.1 Å². The van der Waals surface area contributed by atoms with Crippen LogP contribution in [0, 0.1) is 11.3 Å². The van der Waals surface area contributed by atoms with Gasteiger partial charge in [-0.1, -0.05) is 18.6 Å². The van der Waals surface area contributed by atoms with Crippen molar-refractivity contribution in [2.24, 2.45) is 11.3 Å². The molecule has 0 bridgehead atoms. The van der Waals surface area contributed by atoms with Crippen LogP contribution in [-0.4, -0.2) is 44.5 Å². The summed E-state index contributed by atoms with van der Waals surface area (Å²) < 4.78 is 6.87. The van der Waals surface area contributed by atoms with E-state index < -0.39 is 16.9 Å². The van der Waals surface area contributed by atoms with Crippen molar-refractivity contribution in [3.8, 4) is 0 Å². The Morgan fingerprint density at radius 1 is 1.32 bits per heavy atom. The number of likely N-dealkylation sites (tertiary alicyclic amines) is 1. The second kappa shape index (κ2) is 5.92. The topological polar surface area (TPSA) is 106 Å². The second-order valence-corrected chi connectivity index (χ2v) is 7.78. The summed E-state index contributed by atoms with van der Waals surface area (Å²) in [6.07, 6.45) is 3.66. The van der Waals surface area contributed by atoms with Crippen LogP contribution >= 0.6 is 0 Å². The van der Waals surface area contributed by atoms with Crippen LogP contribution in [0.25, 0.3) is 22.1 Å². The first-order chi connectivity index (χ1) is 13.5. The average Bonchev–Trinajstić information content (AvgIpc) is 3.34. The van der Waals surface area contributed by atoms with Crippen molar-refractivity contribution in [3.05, 3.63) is 40.9 Å². The number of fused-ring (bicyclic) bond motifs is 4. The zero-order chi connectivity index (χ0) is 19.5. The number of carbonyl (C=O) groups excluding carboxylic acids is 1. The Morgan fingerprint density at radius 2 is 2.14 bits per heavy atom. The summed E-state index contributed by atoms with van der Waals surface area (Å²) in [4.78, 5) is 43.3. The van der Waals surface area contributed by atoms with E-state index in [0.717, 1.165) is 18.2 Å². The summed E-state index contributed by atoms with van der Waals surface area (Å²) in [5, 5.41) is 10.4. The molecule has 8 nitrogen and oxygen atoms in total. The van der Waals surface area contributed by atoms with Gasteiger partial charge in [-0.2, -0.15) is 0 Å². The standard InChI is InChI=1S/C20H19N3O5/c24-15(22-8-12-4-3-7-20(12,10-22)19(26)27)9-23-11-21-16-13-5-1-2-6-14(13)28-17(16)18(23)25/h1-2,5-6,11-12H,3-4,7-10H2,(H,26,27)/t12-,20+/m0/s1. The van der Waals surface area contributed by atoms with Gasteiger partial charge in [-0.15, -0.1) is 0 Å². The lowest BCUT2D eigenvalue weighted by Crippen LogP contribution is -2.39. The average molecular weight is 381 g/mol. The van der Waals surface area contributed by atoms with Gasteiger partial charge in [0.2, 0.25) is 11.5 Å². The molecule has 2 fully saturated rings. The van der Waals surface area contributed by atoms with E-state index in [1.165, 1.54) is 10.9 Å². The highest BCUT2D eigenvalue weighted by Gasteiger charge is 2.55. The summed E-state index contributed by atoms with van der Waals surface area (Å²) in [5.74, 6) is -1.11. The molecule has 1 aromatic carbocycles. The molecule has 0 spiro atoms. The minimum atomic E-state index is -0.832. The van der Waals surface area contributed by atoms with E-state index in [1.807, 2.05) is 18.2 Å². The van der Waals surface area contributed by atoms with Gasteiger partial charge >= 0.3 is 5.97 Å². The molecule has 8 heteroatoms. The van der Waals surface area contributed by atoms with E-state index in [1.54, 1.807) is 11.0 Å². The van der Waals surface area contributed by atoms with Crippen molar-refractivity contribution in [1.82, 2.24) is 14.5 Å². The van der Waals surface area contributed by atoms with Gasteiger partial charge in [0.1, 0.15) is 17.6 Å². The van der Waals surface area contributed by atoms with Gasteiger partial charge in [0.15, 0.2) is 0 Å². The molecule has 2 aliphatic rings. The molecule has 1 saturated carbocycles. The first-order valence-corrected chi connectivity index (χ1v) is 9.37. The number of benzene rings is 1. The molecule has 0 radical (unpaired) electrons. The maximum atomic E-state index is 12.8. The Labute approximate surface area is 159 Å². The highest BCUT2D eigenvalue weighted by Crippen LogP contribution is 2.48. The normalized spacial score (nSPS) is 24.1. The summed E-state index contributed by atoms with van der Waals surface area (Å²) in [7, 11) is 0. The van der Waals surface area contributed by atoms with Gasteiger partial charge in [-0.3, -0.25) is 19.0 Å². The molecule has 3 aromatic rings. The van der Waals surface area contributed by atoms with Crippen molar-refractivity contribution in [2.45, 2.75) is 25.8 Å². The Hall–Kier alpha value is -3.16. The van der Waals surface area contributed by atoms with Crippen molar-refractivity contribution in [3.63, 3.8) is 0 Å². The minimum absolute atomic E-state index is 0.0124. The van der Waals surface area contributed by atoms with Crippen molar-refractivity contribution < 1.29 is 19.1 Å². The number of aliphatic carboxylic acids is 1. The lowest BCUT2D eigenvalue weighted by Gasteiger charge is -2.23. The molecular formula is C20H19N3O5. The fourth-order valence-electron chi connectivity index (χ4n) is 4.80. The third-order valence-corrected chi connectivity index (χ3v) is 6.31. The van der Waals surface area contributed by atoms with Gasteiger partial charge in [0.05, 0.1) is 11.7 Å². The maximum Gasteiger partial charge on any atom is 0.311 e. The fourth-order valence-corrected chi connectivity index (χ4v) is 4.80. The molecular weight excluding hydrogens is 362 g/mol. The lowest BCUT2D eigenvalue weighted by molar-refractivity contribution is -0.149. The van der Waals surface area contributed by atoms with E-state index in [9.17, 15) is 19.5 Å². The van der Waals surface area contributed by atoms with E-state index >= 15 is 0 Å². The largest absolute Gasteiger partial charge is 0.481 e. The van der Waals surface area contributed by atoms with Crippen LogP contribution in [0.3, 0.4) is 0 Å². The monoisotopic (exact) mass is 381 g/mol. The number of carboxylic acids is 1. The molecule has 1 aliphatic carbocycles. The van der Waals surface area contributed by atoms with Crippen LogP contribution in [0.5, 0.6) is 0 Å². The minimum Gasteiger partial charge on any atom is -0.481 e. The molecule has 3 heterocycles. The summed E-state index contributed by atoms with van der Waals surface area (Å²) in [5.41, 5.74) is -0.0767. The number of hydrogen-bond donors (Lipinski definition) is 1. The quantitative estimate of drug-likeness (QED) is 0.742. The predicted octanol–water partition coefficient (Wildman–Crippen LogP) is 1.86. The van der Waals surface area contributed by atoms with Crippen molar-refractivity contribution >= 4 is 33.9 Å². The number of hydrogen-bond acceptors (Lipinski definition) is 5. The van der Waals surface area contributed by atoms with E-state index in [2.05, 4.69) is 4.98 Å². The zero-order valence-corrected chi connectivity index (χ0v) is 15.1. The molecule has 1 saturated heterocycles. The molecule has 5 rings (SSSR count). The number of nitrogens with zero attached hydrogens (tertiary/aromatic N) is 3. The number of para-hydroxylation sites is 1. The van der Waals surface area contributed by atoms with Crippen LogP contribution in [0.2, 0.25) is 0 Å².